The first-order valence-corrected chi connectivity index (χ1v) is 3.56. The summed E-state index contributed by atoms with van der Waals surface area (Å²) in [7, 11) is 0. The minimum atomic E-state index is 0.105. The Hall–Kier alpha value is -0.410. The van der Waals surface area contributed by atoms with E-state index >= 15 is 0 Å². The van der Waals surface area contributed by atoms with Gasteiger partial charge in [-0.25, -0.2) is 0 Å². The molecule has 0 saturated carbocycles. The lowest BCUT2D eigenvalue weighted by Gasteiger charge is -2.02. The second kappa shape index (κ2) is 3.12. The number of nitrogens with two attached hydrogens (primary N) is 1. The van der Waals surface area contributed by atoms with Gasteiger partial charge in [-0.1, -0.05) is 0 Å². The topological polar surface area (TPSA) is 52.3 Å². The molecule has 0 aromatic rings. The Bertz CT molecular complexity index is 136. The van der Waals surface area contributed by atoms with Crippen LogP contribution in [0, 0.1) is 5.92 Å². The fourth-order valence-corrected chi connectivity index (χ4v) is 1.15. The minimum absolute atomic E-state index is 0.105. The van der Waals surface area contributed by atoms with Crippen LogP contribution in [-0.4, -0.2) is 25.0 Å². The normalized spacial score (nSPS) is 32.6. The summed E-state index contributed by atoms with van der Waals surface area (Å²) in [6, 6.07) is 0. The van der Waals surface area contributed by atoms with E-state index in [1.807, 2.05) is 0 Å². The van der Waals surface area contributed by atoms with Crippen LogP contribution in [0.2, 0.25) is 0 Å². The standard InChI is InChI=1S/C7H13NO2/c1-5(9)6-2-7(3-8)10-4-6/h6-7H,2-4,8H2,1H3. The van der Waals surface area contributed by atoms with E-state index in [1.54, 1.807) is 6.92 Å². The van der Waals surface area contributed by atoms with E-state index in [-0.39, 0.29) is 17.8 Å². The summed E-state index contributed by atoms with van der Waals surface area (Å²) in [6.07, 6.45) is 0.931. The highest BCUT2D eigenvalue weighted by molar-refractivity contribution is 5.78. The van der Waals surface area contributed by atoms with Crippen molar-refractivity contribution in [3.63, 3.8) is 0 Å². The lowest BCUT2D eigenvalue weighted by molar-refractivity contribution is -0.120. The van der Waals surface area contributed by atoms with Crippen molar-refractivity contribution in [3.05, 3.63) is 0 Å². The molecule has 1 rings (SSSR count). The van der Waals surface area contributed by atoms with E-state index in [1.165, 1.54) is 0 Å². The number of hydrogen-bond acceptors (Lipinski definition) is 3. The molecule has 0 amide bonds. The molecule has 1 fully saturated rings. The average molecular weight is 143 g/mol. The molecule has 1 aliphatic heterocycles. The van der Waals surface area contributed by atoms with Crippen molar-refractivity contribution in [1.82, 2.24) is 0 Å². The van der Waals surface area contributed by atoms with E-state index in [0.717, 1.165) is 6.42 Å². The van der Waals surface area contributed by atoms with Crippen LogP contribution in [0.4, 0.5) is 0 Å². The molecule has 0 bridgehead atoms. The zero-order valence-electron chi connectivity index (χ0n) is 6.17. The third-order valence-electron chi connectivity index (χ3n) is 1.92. The largest absolute Gasteiger partial charge is 0.376 e. The summed E-state index contributed by atoms with van der Waals surface area (Å²) in [5.74, 6) is 0.324. The average Bonchev–Trinajstić information content (AvgIpc) is 2.34. The van der Waals surface area contributed by atoms with Crippen LogP contribution in [-0.2, 0) is 9.53 Å². The Kier molecular flexibility index (Phi) is 2.40. The zero-order chi connectivity index (χ0) is 7.56. The number of ether oxygens (including phenoxy) is 1. The SMILES string of the molecule is CC(=O)C1COC(CN)C1. The van der Waals surface area contributed by atoms with Crippen molar-refractivity contribution < 1.29 is 9.53 Å². The van der Waals surface area contributed by atoms with Crippen molar-refractivity contribution in [2.24, 2.45) is 11.7 Å². The van der Waals surface area contributed by atoms with Crippen molar-refractivity contribution >= 4 is 5.78 Å². The fraction of sp³-hybridized carbons (Fsp3) is 0.857. The molecule has 0 spiro atoms. The molecule has 2 unspecified atom stereocenters. The van der Waals surface area contributed by atoms with Gasteiger partial charge in [-0.3, -0.25) is 4.79 Å². The van der Waals surface area contributed by atoms with Gasteiger partial charge in [-0.2, -0.15) is 0 Å². The van der Waals surface area contributed by atoms with Crippen LogP contribution < -0.4 is 5.73 Å². The first-order chi connectivity index (χ1) is 4.74. The number of carbonyl (C=O) groups is 1. The van der Waals surface area contributed by atoms with Gasteiger partial charge in [-0.15, -0.1) is 0 Å². The summed E-state index contributed by atoms with van der Waals surface area (Å²) < 4.78 is 5.23. The molecule has 2 N–H and O–H groups in total. The van der Waals surface area contributed by atoms with E-state index < -0.39 is 0 Å². The number of Topliss-reactive ketones (excluding diaryl/α,β-unsaturated/α-hetero) is 1. The number of carbonyl (C=O) groups excluding carboxylic acids is 1. The summed E-state index contributed by atoms with van der Waals surface area (Å²) >= 11 is 0. The van der Waals surface area contributed by atoms with Crippen LogP contribution in [0.3, 0.4) is 0 Å². The maximum atomic E-state index is 10.8. The van der Waals surface area contributed by atoms with Crippen LogP contribution >= 0.6 is 0 Å². The minimum Gasteiger partial charge on any atom is -0.376 e. The Morgan fingerprint density at radius 1 is 1.80 bits per heavy atom. The quantitative estimate of drug-likeness (QED) is 0.589. The van der Waals surface area contributed by atoms with Crippen LogP contribution in [0.25, 0.3) is 0 Å². The molecular formula is C7H13NO2. The van der Waals surface area contributed by atoms with Gasteiger partial charge in [0.15, 0.2) is 0 Å². The predicted molar refractivity (Wildman–Crippen MR) is 37.6 cm³/mol. The fourth-order valence-electron chi connectivity index (χ4n) is 1.15. The predicted octanol–water partition coefficient (Wildman–Crippen LogP) is -0.0608. The maximum Gasteiger partial charge on any atom is 0.135 e. The Labute approximate surface area is 60.5 Å². The Morgan fingerprint density at radius 2 is 2.50 bits per heavy atom. The summed E-state index contributed by atoms with van der Waals surface area (Å²) in [4.78, 5) is 10.8. The second-order valence-corrected chi connectivity index (χ2v) is 2.73. The molecule has 1 saturated heterocycles. The van der Waals surface area contributed by atoms with Crippen LogP contribution in [0.1, 0.15) is 13.3 Å². The van der Waals surface area contributed by atoms with Crippen molar-refractivity contribution in [2.75, 3.05) is 13.2 Å². The first-order valence-electron chi connectivity index (χ1n) is 3.56. The number of hydrogen-bond donors (Lipinski definition) is 1. The highest BCUT2D eigenvalue weighted by Gasteiger charge is 2.27. The maximum absolute atomic E-state index is 10.8. The molecular weight excluding hydrogens is 130 g/mol. The number of ketones is 1. The van der Waals surface area contributed by atoms with E-state index in [4.69, 9.17) is 10.5 Å². The monoisotopic (exact) mass is 143 g/mol. The molecule has 3 heteroatoms. The molecule has 1 heterocycles. The number of rotatable bonds is 2. The molecule has 1 aliphatic rings. The van der Waals surface area contributed by atoms with Gasteiger partial charge < -0.3 is 10.5 Å². The van der Waals surface area contributed by atoms with Gasteiger partial charge in [0, 0.05) is 12.5 Å². The second-order valence-electron chi connectivity index (χ2n) is 2.73. The molecule has 10 heavy (non-hydrogen) atoms. The van der Waals surface area contributed by atoms with Gasteiger partial charge >= 0.3 is 0 Å². The summed E-state index contributed by atoms with van der Waals surface area (Å²) in [6.45, 7) is 2.70. The first kappa shape index (κ1) is 7.69. The highest BCUT2D eigenvalue weighted by atomic mass is 16.5. The van der Waals surface area contributed by atoms with Crippen LogP contribution in [0.5, 0.6) is 0 Å². The van der Waals surface area contributed by atoms with Crippen molar-refractivity contribution in [2.45, 2.75) is 19.4 Å². The van der Waals surface area contributed by atoms with Crippen molar-refractivity contribution in [3.8, 4) is 0 Å². The third kappa shape index (κ3) is 1.55. The van der Waals surface area contributed by atoms with Gasteiger partial charge in [0.05, 0.1) is 12.7 Å². The molecule has 58 valence electrons. The molecule has 0 aliphatic carbocycles. The summed E-state index contributed by atoms with van der Waals surface area (Å²) in [5.41, 5.74) is 5.36. The van der Waals surface area contributed by atoms with E-state index in [0.29, 0.717) is 13.2 Å². The lowest BCUT2D eigenvalue weighted by atomic mass is 10.0. The van der Waals surface area contributed by atoms with Gasteiger partial charge in [0.25, 0.3) is 0 Å². The Morgan fingerprint density at radius 3 is 2.80 bits per heavy atom. The molecule has 3 nitrogen and oxygen atoms in total. The van der Waals surface area contributed by atoms with Crippen LogP contribution in [0.15, 0.2) is 0 Å². The van der Waals surface area contributed by atoms with Crippen molar-refractivity contribution in [1.29, 1.82) is 0 Å². The third-order valence-corrected chi connectivity index (χ3v) is 1.92. The lowest BCUT2D eigenvalue weighted by Crippen LogP contribution is -2.19. The Balaban J connectivity index is 2.35. The zero-order valence-corrected chi connectivity index (χ0v) is 6.17. The highest BCUT2D eigenvalue weighted by Crippen LogP contribution is 2.18. The smallest absolute Gasteiger partial charge is 0.135 e. The van der Waals surface area contributed by atoms with Gasteiger partial charge in [-0.05, 0) is 13.3 Å². The van der Waals surface area contributed by atoms with Gasteiger partial charge in [0.1, 0.15) is 5.78 Å². The van der Waals surface area contributed by atoms with E-state index in [2.05, 4.69) is 0 Å². The summed E-state index contributed by atoms with van der Waals surface area (Å²) in [5, 5.41) is 0. The molecule has 2 atom stereocenters. The molecule has 0 aromatic carbocycles. The molecule has 0 aromatic heterocycles. The molecule has 0 radical (unpaired) electrons. The van der Waals surface area contributed by atoms with E-state index in [9.17, 15) is 4.79 Å². The van der Waals surface area contributed by atoms with Gasteiger partial charge in [0.2, 0.25) is 0 Å².